The smallest absolute Gasteiger partial charge is 0.409 e. The minimum Gasteiger partial charge on any atom is -0.450 e. The van der Waals surface area contributed by atoms with Crippen LogP contribution in [0.15, 0.2) is 11.1 Å². The van der Waals surface area contributed by atoms with E-state index in [2.05, 4.69) is 10.2 Å². The third kappa shape index (κ3) is 4.91. The summed E-state index contributed by atoms with van der Waals surface area (Å²) in [6.07, 6.45) is 5.42. The third-order valence-electron chi connectivity index (χ3n) is 6.16. The Kier molecular flexibility index (Phi) is 7.16. The van der Waals surface area contributed by atoms with Gasteiger partial charge in [0.15, 0.2) is 0 Å². The number of nitrogens with zero attached hydrogens (tertiary/aromatic N) is 2. The average Bonchev–Trinajstić information content (AvgIpc) is 2.87. The Morgan fingerprint density at radius 2 is 1.76 bits per heavy atom. The molecule has 0 aliphatic carbocycles. The lowest BCUT2D eigenvalue weighted by Crippen LogP contribution is -2.50. The number of piperidine rings is 1. The molecule has 0 radical (unpaired) electrons. The van der Waals surface area contributed by atoms with Crippen LogP contribution in [0.2, 0.25) is 0 Å². The summed E-state index contributed by atoms with van der Waals surface area (Å²) in [4.78, 5) is 41.2. The number of carbonyl (C=O) groups excluding carboxylic acids is 3. The van der Waals surface area contributed by atoms with Gasteiger partial charge in [0.2, 0.25) is 0 Å². The molecule has 3 heterocycles. The minimum atomic E-state index is -0.934. The molecule has 29 heavy (non-hydrogen) atoms. The molecule has 2 amide bonds. The van der Waals surface area contributed by atoms with Crippen LogP contribution in [0.1, 0.15) is 52.4 Å². The molecule has 0 atom stereocenters. The second kappa shape index (κ2) is 9.61. The molecule has 3 rings (SSSR count). The van der Waals surface area contributed by atoms with Crippen LogP contribution in [0.3, 0.4) is 0 Å². The fraction of sp³-hybridized carbons (Fsp3) is 0.762. The van der Waals surface area contributed by atoms with E-state index in [1.165, 1.54) is 25.7 Å². The van der Waals surface area contributed by atoms with Crippen molar-refractivity contribution in [3.63, 3.8) is 0 Å². The van der Waals surface area contributed by atoms with E-state index in [9.17, 15) is 14.4 Å². The first kappa shape index (κ1) is 21.6. The molecule has 8 nitrogen and oxygen atoms in total. The molecule has 1 N–H and O–H groups in total. The van der Waals surface area contributed by atoms with E-state index in [1.54, 1.807) is 18.7 Å². The van der Waals surface area contributed by atoms with Crippen molar-refractivity contribution in [3.05, 3.63) is 11.1 Å². The lowest BCUT2D eigenvalue weighted by molar-refractivity contribution is -0.150. The van der Waals surface area contributed by atoms with Crippen LogP contribution in [0, 0.1) is 0 Å². The Morgan fingerprint density at radius 1 is 1.10 bits per heavy atom. The number of carbonyl (C=O) groups is 3. The first-order chi connectivity index (χ1) is 14.0. The van der Waals surface area contributed by atoms with Gasteiger partial charge >= 0.3 is 12.1 Å². The van der Waals surface area contributed by atoms with E-state index in [0.29, 0.717) is 50.2 Å². The molecule has 0 bridgehead atoms. The van der Waals surface area contributed by atoms with Gasteiger partial charge in [0.1, 0.15) is 5.60 Å². The standard InChI is InChI=1S/C21H33N3O5/c1-3-28-20(27)24-13-8-21(9-14-24)17(16(2)19(26)29-21)18(25)22-10-15-23-11-6-4-5-7-12-23/h3-15H2,1-2H3,(H,22,25). The summed E-state index contributed by atoms with van der Waals surface area (Å²) in [7, 11) is 0. The van der Waals surface area contributed by atoms with Crippen molar-refractivity contribution in [2.24, 2.45) is 0 Å². The molecule has 0 unspecified atom stereocenters. The van der Waals surface area contributed by atoms with Crippen LogP contribution < -0.4 is 5.32 Å². The van der Waals surface area contributed by atoms with Crippen LogP contribution in [-0.4, -0.2) is 79.2 Å². The minimum absolute atomic E-state index is 0.229. The van der Waals surface area contributed by atoms with Gasteiger partial charge in [-0.3, -0.25) is 4.79 Å². The van der Waals surface area contributed by atoms with Gasteiger partial charge in [0.05, 0.1) is 12.2 Å². The maximum atomic E-state index is 13.0. The molecule has 8 heteroatoms. The Labute approximate surface area is 172 Å². The van der Waals surface area contributed by atoms with Crippen molar-refractivity contribution in [3.8, 4) is 0 Å². The van der Waals surface area contributed by atoms with Gasteiger partial charge in [0, 0.05) is 44.6 Å². The Morgan fingerprint density at radius 3 is 2.38 bits per heavy atom. The number of hydrogen-bond acceptors (Lipinski definition) is 6. The summed E-state index contributed by atoms with van der Waals surface area (Å²) in [6, 6.07) is 0. The van der Waals surface area contributed by atoms with Crippen molar-refractivity contribution < 1.29 is 23.9 Å². The molecule has 1 spiro atoms. The molecule has 3 aliphatic heterocycles. The fourth-order valence-corrected chi connectivity index (χ4v) is 4.52. The van der Waals surface area contributed by atoms with Gasteiger partial charge in [0.25, 0.3) is 5.91 Å². The molecule has 0 saturated carbocycles. The molecular formula is C21H33N3O5. The monoisotopic (exact) mass is 407 g/mol. The van der Waals surface area contributed by atoms with E-state index in [4.69, 9.17) is 9.47 Å². The number of hydrogen-bond donors (Lipinski definition) is 1. The van der Waals surface area contributed by atoms with E-state index < -0.39 is 11.6 Å². The molecular weight excluding hydrogens is 374 g/mol. The number of rotatable bonds is 5. The van der Waals surface area contributed by atoms with Gasteiger partial charge in [-0.05, 0) is 39.8 Å². The van der Waals surface area contributed by atoms with Crippen molar-refractivity contribution in [1.82, 2.24) is 15.1 Å². The summed E-state index contributed by atoms with van der Waals surface area (Å²) >= 11 is 0. The van der Waals surface area contributed by atoms with E-state index in [0.717, 1.165) is 19.6 Å². The van der Waals surface area contributed by atoms with Crippen molar-refractivity contribution >= 4 is 18.0 Å². The number of likely N-dealkylation sites (tertiary alicyclic amines) is 2. The molecule has 0 aromatic rings. The van der Waals surface area contributed by atoms with E-state index in [1.807, 2.05) is 0 Å². The second-order valence-corrected chi connectivity index (χ2v) is 8.08. The van der Waals surface area contributed by atoms with Gasteiger partial charge < -0.3 is 24.6 Å². The number of nitrogens with one attached hydrogen (secondary N) is 1. The molecule has 3 aliphatic rings. The molecule has 0 aromatic heterocycles. The zero-order valence-corrected chi connectivity index (χ0v) is 17.6. The summed E-state index contributed by atoms with van der Waals surface area (Å²) in [5.74, 6) is -0.667. The Balaban J connectivity index is 1.59. The van der Waals surface area contributed by atoms with Crippen LogP contribution >= 0.6 is 0 Å². The van der Waals surface area contributed by atoms with Crippen LogP contribution in [0.25, 0.3) is 0 Å². The second-order valence-electron chi connectivity index (χ2n) is 8.08. The molecule has 0 aromatic carbocycles. The van der Waals surface area contributed by atoms with Crippen LogP contribution in [0.5, 0.6) is 0 Å². The number of esters is 1. The fourth-order valence-electron chi connectivity index (χ4n) is 4.52. The first-order valence-electron chi connectivity index (χ1n) is 10.8. The highest BCUT2D eigenvalue weighted by Crippen LogP contribution is 2.41. The van der Waals surface area contributed by atoms with Crippen molar-refractivity contribution in [1.29, 1.82) is 0 Å². The summed E-state index contributed by atoms with van der Waals surface area (Å²) in [5.41, 5.74) is -0.125. The predicted molar refractivity (Wildman–Crippen MR) is 107 cm³/mol. The highest BCUT2D eigenvalue weighted by atomic mass is 16.6. The van der Waals surface area contributed by atoms with Gasteiger partial charge in [-0.25, -0.2) is 9.59 Å². The highest BCUT2D eigenvalue weighted by molar-refractivity contribution is 6.07. The van der Waals surface area contributed by atoms with Crippen molar-refractivity contribution in [2.45, 2.75) is 58.0 Å². The van der Waals surface area contributed by atoms with E-state index in [-0.39, 0.29) is 12.0 Å². The third-order valence-corrected chi connectivity index (χ3v) is 6.16. The molecule has 162 valence electrons. The summed E-state index contributed by atoms with van der Waals surface area (Å²) < 4.78 is 10.7. The van der Waals surface area contributed by atoms with Crippen LogP contribution in [0.4, 0.5) is 4.79 Å². The average molecular weight is 408 g/mol. The maximum Gasteiger partial charge on any atom is 0.409 e. The topological polar surface area (TPSA) is 88.2 Å². The van der Waals surface area contributed by atoms with Gasteiger partial charge in [-0.2, -0.15) is 0 Å². The predicted octanol–water partition coefficient (Wildman–Crippen LogP) is 1.84. The Hall–Kier alpha value is -2.09. The quantitative estimate of drug-likeness (QED) is 0.700. The zero-order chi connectivity index (χ0) is 20.9. The van der Waals surface area contributed by atoms with Crippen molar-refractivity contribution in [2.75, 3.05) is 45.9 Å². The number of ether oxygens (including phenoxy) is 2. The van der Waals surface area contributed by atoms with Crippen LogP contribution in [-0.2, 0) is 19.1 Å². The summed E-state index contributed by atoms with van der Waals surface area (Å²) in [5, 5.41) is 2.99. The summed E-state index contributed by atoms with van der Waals surface area (Å²) in [6.45, 7) is 8.04. The number of amides is 2. The SMILES string of the molecule is CCOC(=O)N1CCC2(CC1)OC(=O)C(C)=C2C(=O)NCCN1CCCCCC1. The maximum absolute atomic E-state index is 13.0. The largest absolute Gasteiger partial charge is 0.450 e. The highest BCUT2D eigenvalue weighted by Gasteiger charge is 2.51. The Bertz CT molecular complexity index is 659. The molecule has 2 saturated heterocycles. The van der Waals surface area contributed by atoms with Gasteiger partial charge in [-0.15, -0.1) is 0 Å². The van der Waals surface area contributed by atoms with Gasteiger partial charge in [-0.1, -0.05) is 12.8 Å². The normalized spacial score (nSPS) is 22.4. The lowest BCUT2D eigenvalue weighted by Gasteiger charge is -2.38. The van der Waals surface area contributed by atoms with E-state index >= 15 is 0 Å². The lowest BCUT2D eigenvalue weighted by atomic mass is 9.83. The molecule has 2 fully saturated rings. The zero-order valence-electron chi connectivity index (χ0n) is 17.6. The first-order valence-corrected chi connectivity index (χ1v) is 10.8.